The van der Waals surface area contributed by atoms with Crippen molar-refractivity contribution in [1.82, 2.24) is 9.97 Å². The number of oxime groups is 1. The first-order valence-corrected chi connectivity index (χ1v) is 9.25. The quantitative estimate of drug-likeness (QED) is 0.344. The fourth-order valence-electron chi connectivity index (χ4n) is 2.52. The largest absolute Gasteiger partial charge is 0.472 e. The maximum Gasteiger partial charge on any atom is 0.360 e. The van der Waals surface area contributed by atoms with Gasteiger partial charge in [0, 0.05) is 11.8 Å². The van der Waals surface area contributed by atoms with Crippen LogP contribution < -0.4 is 4.74 Å². The van der Waals surface area contributed by atoms with Crippen molar-refractivity contribution in [3.05, 3.63) is 64.7 Å². The molecule has 0 unspecified atom stereocenters. The number of hydrogen-bond acceptors (Lipinski definition) is 8. The fourth-order valence-corrected chi connectivity index (χ4v) is 3.36. The molecule has 0 saturated carbocycles. The first kappa shape index (κ1) is 19.5. The van der Waals surface area contributed by atoms with Crippen LogP contribution in [0.15, 0.2) is 53.8 Å². The van der Waals surface area contributed by atoms with Gasteiger partial charge in [-0.25, -0.2) is 4.79 Å². The molecule has 7 nitrogen and oxygen atoms in total. The van der Waals surface area contributed by atoms with Gasteiger partial charge >= 0.3 is 5.97 Å². The zero-order chi connectivity index (χ0) is 19.9. The predicted octanol–water partition coefficient (Wildman–Crippen LogP) is 3.62. The van der Waals surface area contributed by atoms with Crippen LogP contribution in [0, 0.1) is 6.92 Å². The maximum absolute atomic E-state index is 12.1. The molecule has 0 spiro atoms. The molecular formula is C20H19N3O4S. The zero-order valence-electron chi connectivity index (χ0n) is 15.7. The van der Waals surface area contributed by atoms with E-state index in [1.807, 2.05) is 37.3 Å². The van der Waals surface area contributed by atoms with Gasteiger partial charge in [0.25, 0.3) is 0 Å². The normalized spacial score (nSPS) is 11.2. The van der Waals surface area contributed by atoms with Crippen molar-refractivity contribution in [2.75, 3.05) is 14.2 Å². The highest BCUT2D eigenvalue weighted by Gasteiger charge is 2.20. The molecule has 3 rings (SSSR count). The highest BCUT2D eigenvalue weighted by Crippen LogP contribution is 2.31. The summed E-state index contributed by atoms with van der Waals surface area (Å²) < 4.78 is 10.7. The summed E-state index contributed by atoms with van der Waals surface area (Å²) in [6.07, 6.45) is 1.73. The summed E-state index contributed by atoms with van der Waals surface area (Å²) >= 11 is 1.51. The van der Waals surface area contributed by atoms with E-state index in [1.54, 1.807) is 18.3 Å². The maximum atomic E-state index is 12.1. The van der Waals surface area contributed by atoms with Crippen molar-refractivity contribution < 1.29 is 19.1 Å². The summed E-state index contributed by atoms with van der Waals surface area (Å²) in [6, 6.07) is 13.0. The Morgan fingerprint density at radius 1 is 1.14 bits per heavy atom. The Hall–Kier alpha value is -3.26. The van der Waals surface area contributed by atoms with E-state index in [0.29, 0.717) is 11.4 Å². The Morgan fingerprint density at radius 3 is 2.64 bits per heavy atom. The number of hydrogen-bond donors (Lipinski definition) is 0. The number of pyridine rings is 1. The summed E-state index contributed by atoms with van der Waals surface area (Å²) in [4.78, 5) is 26.7. The number of esters is 1. The van der Waals surface area contributed by atoms with E-state index in [4.69, 9.17) is 14.3 Å². The Labute approximate surface area is 166 Å². The van der Waals surface area contributed by atoms with Gasteiger partial charge in [0.2, 0.25) is 5.88 Å². The number of carbonyl (C=O) groups excluding carboxylic acids is 1. The van der Waals surface area contributed by atoms with E-state index in [1.165, 1.54) is 25.6 Å². The van der Waals surface area contributed by atoms with Gasteiger partial charge in [0.15, 0.2) is 5.71 Å². The van der Waals surface area contributed by atoms with Gasteiger partial charge in [-0.1, -0.05) is 35.5 Å². The highest BCUT2D eigenvalue weighted by molar-refractivity contribution is 7.15. The molecule has 0 atom stereocenters. The highest BCUT2D eigenvalue weighted by atomic mass is 32.1. The molecule has 3 aromatic rings. The Morgan fingerprint density at radius 2 is 1.93 bits per heavy atom. The van der Waals surface area contributed by atoms with Crippen LogP contribution in [0.1, 0.15) is 16.0 Å². The second kappa shape index (κ2) is 9.09. The summed E-state index contributed by atoms with van der Waals surface area (Å²) in [5, 5.41) is 4.60. The van der Waals surface area contributed by atoms with E-state index in [0.717, 1.165) is 21.1 Å². The second-order valence-electron chi connectivity index (χ2n) is 5.66. The zero-order valence-corrected chi connectivity index (χ0v) is 16.5. The summed E-state index contributed by atoms with van der Waals surface area (Å²) in [7, 11) is 2.67. The van der Waals surface area contributed by atoms with Crippen LogP contribution in [-0.2, 0) is 21.0 Å². The van der Waals surface area contributed by atoms with E-state index >= 15 is 0 Å². The monoisotopic (exact) mass is 397 g/mol. The third-order valence-electron chi connectivity index (χ3n) is 3.84. The molecule has 144 valence electrons. The number of nitrogens with zero attached hydrogens (tertiary/aromatic N) is 3. The van der Waals surface area contributed by atoms with E-state index in [-0.39, 0.29) is 12.3 Å². The summed E-state index contributed by atoms with van der Waals surface area (Å²) in [5.74, 6) is -0.0552. The number of aryl methyl sites for hydroxylation is 1. The Kier molecular flexibility index (Phi) is 6.33. The molecule has 0 N–H and O–H groups in total. The Balaban J connectivity index is 1.84. The average molecular weight is 397 g/mol. The number of carbonyl (C=O) groups is 1. The number of benzene rings is 1. The molecule has 1 aromatic carbocycles. The molecule has 0 radical (unpaired) electrons. The number of aromatic nitrogens is 2. The molecule has 28 heavy (non-hydrogen) atoms. The lowest BCUT2D eigenvalue weighted by atomic mass is 10.0. The SMILES string of the molecule is CO/N=C(/C(=O)OC)c1ccccc1COc1nc(-c2ccccn2)sc1C. The molecule has 0 fully saturated rings. The first-order chi connectivity index (χ1) is 13.6. The first-order valence-electron chi connectivity index (χ1n) is 8.43. The minimum absolute atomic E-state index is 0.0772. The number of thiazole rings is 1. The van der Waals surface area contributed by atoms with Crippen molar-refractivity contribution in [1.29, 1.82) is 0 Å². The number of methoxy groups -OCH3 is 1. The Bertz CT molecular complexity index is 986. The van der Waals surface area contributed by atoms with Crippen molar-refractivity contribution in [3.8, 4) is 16.6 Å². The lowest BCUT2D eigenvalue weighted by Gasteiger charge is -2.11. The predicted molar refractivity (Wildman–Crippen MR) is 106 cm³/mol. The standard InChI is InChI=1S/C20H19N3O4S/c1-13-18(22-19(28-13)16-10-6-7-11-21-16)27-12-14-8-4-5-9-15(14)17(23-26-3)20(24)25-2/h4-11H,12H2,1-3H3/b23-17+. The second-order valence-corrected chi connectivity index (χ2v) is 6.86. The molecule has 8 heteroatoms. The van der Waals surface area contributed by atoms with Crippen molar-refractivity contribution in [2.24, 2.45) is 5.16 Å². The van der Waals surface area contributed by atoms with E-state index in [2.05, 4.69) is 15.1 Å². The van der Waals surface area contributed by atoms with Crippen LogP contribution >= 0.6 is 11.3 Å². The smallest absolute Gasteiger partial charge is 0.360 e. The van der Waals surface area contributed by atoms with Crippen molar-refractivity contribution in [2.45, 2.75) is 13.5 Å². The molecule has 0 bridgehead atoms. The topological polar surface area (TPSA) is 82.9 Å². The molecule has 0 aliphatic carbocycles. The van der Waals surface area contributed by atoms with Crippen LogP contribution in [0.2, 0.25) is 0 Å². The van der Waals surface area contributed by atoms with Gasteiger partial charge in [0.05, 0.1) is 17.7 Å². The van der Waals surface area contributed by atoms with E-state index in [9.17, 15) is 4.79 Å². The van der Waals surface area contributed by atoms with Crippen LogP contribution in [-0.4, -0.2) is 35.9 Å². The molecule has 0 aliphatic rings. The van der Waals surface area contributed by atoms with Crippen LogP contribution in [0.25, 0.3) is 10.7 Å². The minimum Gasteiger partial charge on any atom is -0.472 e. The molecule has 0 saturated heterocycles. The molecule has 2 aromatic heterocycles. The van der Waals surface area contributed by atoms with Crippen molar-refractivity contribution >= 4 is 23.0 Å². The lowest BCUT2D eigenvalue weighted by molar-refractivity contribution is -0.132. The van der Waals surface area contributed by atoms with Crippen LogP contribution in [0.5, 0.6) is 5.88 Å². The lowest BCUT2D eigenvalue weighted by Crippen LogP contribution is -2.19. The molecule has 0 amide bonds. The average Bonchev–Trinajstić information content (AvgIpc) is 3.11. The molecular weight excluding hydrogens is 378 g/mol. The fraction of sp³-hybridized carbons (Fsp3) is 0.200. The van der Waals surface area contributed by atoms with Gasteiger partial charge < -0.3 is 14.3 Å². The van der Waals surface area contributed by atoms with Gasteiger partial charge in [-0.2, -0.15) is 4.98 Å². The van der Waals surface area contributed by atoms with Gasteiger partial charge in [-0.05, 0) is 24.6 Å². The summed E-state index contributed by atoms with van der Waals surface area (Å²) in [5.41, 5.74) is 2.21. The van der Waals surface area contributed by atoms with Crippen molar-refractivity contribution in [3.63, 3.8) is 0 Å². The van der Waals surface area contributed by atoms with Gasteiger partial charge in [-0.15, -0.1) is 11.3 Å². The number of ether oxygens (including phenoxy) is 2. The van der Waals surface area contributed by atoms with Gasteiger partial charge in [-0.3, -0.25) is 4.98 Å². The third-order valence-corrected chi connectivity index (χ3v) is 4.81. The minimum atomic E-state index is -0.587. The third kappa shape index (κ3) is 4.34. The summed E-state index contributed by atoms with van der Waals surface area (Å²) in [6.45, 7) is 2.15. The van der Waals surface area contributed by atoms with E-state index < -0.39 is 5.97 Å². The van der Waals surface area contributed by atoms with Crippen LogP contribution in [0.4, 0.5) is 0 Å². The number of rotatable bonds is 7. The van der Waals surface area contributed by atoms with Crippen LogP contribution in [0.3, 0.4) is 0 Å². The van der Waals surface area contributed by atoms with Gasteiger partial charge in [0.1, 0.15) is 18.7 Å². The molecule has 2 heterocycles. The molecule has 0 aliphatic heterocycles.